The first-order chi connectivity index (χ1) is 9.74. The van der Waals surface area contributed by atoms with Crippen molar-refractivity contribution in [3.8, 4) is 0 Å². The van der Waals surface area contributed by atoms with Gasteiger partial charge in [-0.25, -0.2) is 0 Å². The van der Waals surface area contributed by atoms with Crippen LogP contribution in [0.1, 0.15) is 39.9 Å². The standard InChI is InChI=1S/C15H23NO3S/c1-2-11-3-4-13-12(9-11)10-14(20-13)15(18)16-5-7-19-8-6-17/h10-11,17H,2-9H2,1H3,(H,16,18). The molecular weight excluding hydrogens is 274 g/mol. The second-order valence-electron chi connectivity index (χ2n) is 5.17. The van der Waals surface area contributed by atoms with Gasteiger partial charge in [-0.3, -0.25) is 4.79 Å². The molecule has 0 spiro atoms. The van der Waals surface area contributed by atoms with Gasteiger partial charge in [-0.05, 0) is 36.8 Å². The molecule has 1 aromatic heterocycles. The first-order valence-corrected chi connectivity index (χ1v) is 8.14. The zero-order valence-corrected chi connectivity index (χ0v) is 12.8. The molecule has 0 aromatic carbocycles. The fraction of sp³-hybridized carbons (Fsp3) is 0.667. The molecular formula is C15H23NO3S. The summed E-state index contributed by atoms with van der Waals surface area (Å²) in [6, 6.07) is 2.06. The number of fused-ring (bicyclic) bond motifs is 1. The van der Waals surface area contributed by atoms with E-state index >= 15 is 0 Å². The second kappa shape index (κ2) is 7.76. The fourth-order valence-corrected chi connectivity index (χ4v) is 3.67. The number of carbonyl (C=O) groups is 1. The minimum atomic E-state index is -0.00922. The third kappa shape index (κ3) is 4.04. The molecule has 4 nitrogen and oxygen atoms in total. The van der Waals surface area contributed by atoms with Crippen LogP contribution in [0.2, 0.25) is 0 Å². The van der Waals surface area contributed by atoms with Crippen molar-refractivity contribution >= 4 is 17.2 Å². The Kier molecular flexibility index (Phi) is 6.01. The number of rotatable bonds is 7. The van der Waals surface area contributed by atoms with Gasteiger partial charge in [-0.2, -0.15) is 0 Å². The Bertz CT molecular complexity index is 444. The van der Waals surface area contributed by atoms with Crippen molar-refractivity contribution in [2.24, 2.45) is 5.92 Å². The van der Waals surface area contributed by atoms with E-state index in [1.807, 2.05) is 0 Å². The van der Waals surface area contributed by atoms with E-state index in [1.165, 1.54) is 23.3 Å². The van der Waals surface area contributed by atoms with Crippen molar-refractivity contribution in [2.45, 2.75) is 32.6 Å². The van der Waals surface area contributed by atoms with Gasteiger partial charge in [0.1, 0.15) is 0 Å². The molecule has 20 heavy (non-hydrogen) atoms. The van der Waals surface area contributed by atoms with Gasteiger partial charge in [0.25, 0.3) is 5.91 Å². The Morgan fingerprint density at radius 3 is 3.15 bits per heavy atom. The maximum atomic E-state index is 12.0. The average Bonchev–Trinajstić information content (AvgIpc) is 2.89. The summed E-state index contributed by atoms with van der Waals surface area (Å²) in [5.74, 6) is 0.768. The number of ether oxygens (including phenoxy) is 1. The summed E-state index contributed by atoms with van der Waals surface area (Å²) in [5.41, 5.74) is 1.37. The van der Waals surface area contributed by atoms with E-state index in [2.05, 4.69) is 18.3 Å². The smallest absolute Gasteiger partial charge is 0.261 e. The molecule has 1 atom stereocenters. The fourth-order valence-electron chi connectivity index (χ4n) is 2.55. The topological polar surface area (TPSA) is 58.6 Å². The minimum absolute atomic E-state index is 0.00922. The molecule has 0 fully saturated rings. The summed E-state index contributed by atoms with van der Waals surface area (Å²) >= 11 is 1.63. The van der Waals surface area contributed by atoms with Gasteiger partial charge in [0.15, 0.2) is 0 Å². The Hall–Kier alpha value is -0.910. The van der Waals surface area contributed by atoms with Crippen LogP contribution in [0.4, 0.5) is 0 Å². The summed E-state index contributed by atoms with van der Waals surface area (Å²) in [6.45, 7) is 3.50. The highest BCUT2D eigenvalue weighted by Gasteiger charge is 2.21. The number of aliphatic hydroxyl groups is 1. The third-order valence-electron chi connectivity index (χ3n) is 3.75. The second-order valence-corrected chi connectivity index (χ2v) is 6.30. The molecule has 1 aliphatic carbocycles. The number of aryl methyl sites for hydroxylation is 1. The van der Waals surface area contributed by atoms with Crippen molar-refractivity contribution in [3.05, 3.63) is 21.4 Å². The number of hydrogen-bond acceptors (Lipinski definition) is 4. The summed E-state index contributed by atoms with van der Waals surface area (Å²) in [6.07, 6.45) is 4.71. The van der Waals surface area contributed by atoms with Crippen LogP contribution in [0.15, 0.2) is 6.07 Å². The van der Waals surface area contributed by atoms with Crippen LogP contribution in [0, 0.1) is 5.92 Å². The molecule has 2 rings (SSSR count). The van der Waals surface area contributed by atoms with E-state index in [4.69, 9.17) is 9.84 Å². The molecule has 0 aliphatic heterocycles. The molecule has 2 N–H and O–H groups in total. The van der Waals surface area contributed by atoms with Gasteiger partial charge in [-0.15, -0.1) is 11.3 Å². The van der Waals surface area contributed by atoms with Gasteiger partial charge in [0.05, 0.1) is 24.7 Å². The zero-order chi connectivity index (χ0) is 14.4. The van der Waals surface area contributed by atoms with Crippen molar-refractivity contribution in [1.29, 1.82) is 0 Å². The average molecular weight is 297 g/mol. The summed E-state index contributed by atoms with van der Waals surface area (Å²) in [7, 11) is 0. The lowest BCUT2D eigenvalue weighted by molar-refractivity contribution is 0.0840. The summed E-state index contributed by atoms with van der Waals surface area (Å²) in [5, 5.41) is 11.4. The number of aliphatic hydroxyl groups excluding tert-OH is 1. The van der Waals surface area contributed by atoms with E-state index in [-0.39, 0.29) is 12.5 Å². The van der Waals surface area contributed by atoms with E-state index in [0.29, 0.717) is 19.8 Å². The lowest BCUT2D eigenvalue weighted by Crippen LogP contribution is -2.26. The first-order valence-electron chi connectivity index (χ1n) is 7.33. The lowest BCUT2D eigenvalue weighted by Gasteiger charge is -2.19. The number of amides is 1. The molecule has 1 aliphatic rings. The summed E-state index contributed by atoms with van der Waals surface area (Å²) < 4.78 is 5.12. The van der Waals surface area contributed by atoms with Crippen LogP contribution >= 0.6 is 11.3 Å². The Morgan fingerprint density at radius 1 is 1.55 bits per heavy atom. The molecule has 0 saturated heterocycles. The number of hydrogen-bond donors (Lipinski definition) is 2. The van der Waals surface area contributed by atoms with Crippen molar-refractivity contribution in [2.75, 3.05) is 26.4 Å². The lowest BCUT2D eigenvalue weighted by atomic mass is 9.87. The minimum Gasteiger partial charge on any atom is -0.394 e. The molecule has 1 aromatic rings. The molecule has 0 bridgehead atoms. The van der Waals surface area contributed by atoms with E-state index in [9.17, 15) is 4.79 Å². The van der Waals surface area contributed by atoms with Crippen molar-refractivity contribution in [3.63, 3.8) is 0 Å². The van der Waals surface area contributed by atoms with E-state index in [0.717, 1.165) is 23.6 Å². The van der Waals surface area contributed by atoms with Crippen LogP contribution in [0.5, 0.6) is 0 Å². The van der Waals surface area contributed by atoms with Crippen LogP contribution in [-0.4, -0.2) is 37.4 Å². The quantitative estimate of drug-likeness (QED) is 0.757. The molecule has 0 saturated carbocycles. The maximum absolute atomic E-state index is 12.0. The Morgan fingerprint density at radius 2 is 2.40 bits per heavy atom. The highest BCUT2D eigenvalue weighted by atomic mass is 32.1. The highest BCUT2D eigenvalue weighted by molar-refractivity contribution is 7.14. The zero-order valence-electron chi connectivity index (χ0n) is 12.0. The third-order valence-corrected chi connectivity index (χ3v) is 4.99. The van der Waals surface area contributed by atoms with Crippen molar-refractivity contribution < 1.29 is 14.6 Å². The van der Waals surface area contributed by atoms with Crippen LogP contribution in [0.3, 0.4) is 0 Å². The Balaban J connectivity index is 1.84. The van der Waals surface area contributed by atoms with Gasteiger partial charge < -0.3 is 15.2 Å². The van der Waals surface area contributed by atoms with Crippen LogP contribution < -0.4 is 5.32 Å². The summed E-state index contributed by atoms with van der Waals surface area (Å²) in [4.78, 5) is 14.2. The van der Waals surface area contributed by atoms with Gasteiger partial charge in [-0.1, -0.05) is 13.3 Å². The van der Waals surface area contributed by atoms with Crippen molar-refractivity contribution in [1.82, 2.24) is 5.32 Å². The predicted octanol–water partition coefficient (Wildman–Crippen LogP) is 2.00. The highest BCUT2D eigenvalue weighted by Crippen LogP contribution is 2.33. The Labute approximate surface area is 124 Å². The van der Waals surface area contributed by atoms with E-state index < -0.39 is 0 Å². The predicted molar refractivity (Wildman–Crippen MR) is 80.4 cm³/mol. The SMILES string of the molecule is CCC1CCc2sc(C(=O)NCCOCCO)cc2C1. The normalized spacial score (nSPS) is 17.8. The molecule has 1 amide bonds. The van der Waals surface area contributed by atoms with Crippen LogP contribution in [-0.2, 0) is 17.6 Å². The van der Waals surface area contributed by atoms with Gasteiger partial charge in [0.2, 0.25) is 0 Å². The molecule has 5 heteroatoms. The molecule has 0 radical (unpaired) electrons. The first kappa shape index (κ1) is 15.5. The van der Waals surface area contributed by atoms with E-state index in [1.54, 1.807) is 11.3 Å². The molecule has 1 unspecified atom stereocenters. The maximum Gasteiger partial charge on any atom is 0.261 e. The molecule has 1 heterocycles. The largest absolute Gasteiger partial charge is 0.394 e. The number of thiophene rings is 1. The number of carbonyl (C=O) groups excluding carboxylic acids is 1. The molecule has 112 valence electrons. The van der Waals surface area contributed by atoms with Crippen LogP contribution in [0.25, 0.3) is 0 Å². The van der Waals surface area contributed by atoms with Gasteiger partial charge >= 0.3 is 0 Å². The van der Waals surface area contributed by atoms with Gasteiger partial charge in [0, 0.05) is 11.4 Å². The number of nitrogens with one attached hydrogen (secondary N) is 1. The monoisotopic (exact) mass is 297 g/mol.